The highest BCUT2D eigenvalue weighted by molar-refractivity contribution is 5.83. The Balaban J connectivity index is 2.15. The van der Waals surface area contributed by atoms with Gasteiger partial charge in [-0.2, -0.15) is 0 Å². The molecule has 0 aliphatic rings. The normalized spacial score (nSPS) is 12.3. The predicted octanol–water partition coefficient (Wildman–Crippen LogP) is 4.37. The SMILES string of the molecule is COc1ccc2c(C)c(CCC(=O)NC(C)(C)CC(C)(C)C)c(=O)oc2c1. The van der Waals surface area contributed by atoms with Crippen LogP contribution >= 0.6 is 0 Å². The molecule has 0 saturated carbocycles. The molecule has 0 saturated heterocycles. The molecule has 1 N–H and O–H groups in total. The van der Waals surface area contributed by atoms with Crippen molar-refractivity contribution in [2.75, 3.05) is 7.11 Å². The van der Waals surface area contributed by atoms with Gasteiger partial charge in [-0.05, 0) is 56.7 Å². The molecule has 0 radical (unpaired) electrons. The molecule has 1 heterocycles. The largest absolute Gasteiger partial charge is 0.497 e. The van der Waals surface area contributed by atoms with Crippen LogP contribution in [0.3, 0.4) is 0 Å². The summed E-state index contributed by atoms with van der Waals surface area (Å²) < 4.78 is 10.6. The van der Waals surface area contributed by atoms with Crippen LogP contribution in [0.4, 0.5) is 0 Å². The third-order valence-electron chi connectivity index (χ3n) is 4.55. The standard InChI is InChI=1S/C22H31NO4/c1-14-16-9-8-15(26-7)12-18(16)27-20(25)17(14)10-11-19(24)23-22(5,6)13-21(2,3)4/h8-9,12H,10-11,13H2,1-7H3,(H,23,24). The molecule has 0 aliphatic carbocycles. The minimum Gasteiger partial charge on any atom is -0.497 e. The van der Waals surface area contributed by atoms with Crippen molar-refractivity contribution in [3.63, 3.8) is 0 Å². The molecule has 5 heteroatoms. The second-order valence-electron chi connectivity index (χ2n) is 9.02. The molecule has 0 fully saturated rings. The van der Waals surface area contributed by atoms with Crippen molar-refractivity contribution in [1.29, 1.82) is 0 Å². The van der Waals surface area contributed by atoms with Crippen molar-refractivity contribution in [1.82, 2.24) is 5.32 Å². The van der Waals surface area contributed by atoms with Crippen LogP contribution in [0.25, 0.3) is 11.0 Å². The van der Waals surface area contributed by atoms with Gasteiger partial charge >= 0.3 is 5.63 Å². The molecule has 27 heavy (non-hydrogen) atoms. The fourth-order valence-corrected chi connectivity index (χ4v) is 3.84. The number of ether oxygens (including phenoxy) is 1. The summed E-state index contributed by atoms with van der Waals surface area (Å²) in [6.07, 6.45) is 1.47. The highest BCUT2D eigenvalue weighted by Gasteiger charge is 2.27. The van der Waals surface area contributed by atoms with Crippen LogP contribution in [-0.4, -0.2) is 18.6 Å². The van der Waals surface area contributed by atoms with Gasteiger partial charge in [-0.1, -0.05) is 20.8 Å². The maximum atomic E-state index is 12.4. The first-order chi connectivity index (χ1) is 12.4. The summed E-state index contributed by atoms with van der Waals surface area (Å²) in [7, 11) is 1.57. The average Bonchev–Trinajstić information content (AvgIpc) is 2.51. The topological polar surface area (TPSA) is 68.5 Å². The lowest BCUT2D eigenvalue weighted by Crippen LogP contribution is -2.45. The van der Waals surface area contributed by atoms with E-state index in [0.717, 1.165) is 17.4 Å². The highest BCUT2D eigenvalue weighted by Crippen LogP contribution is 2.27. The van der Waals surface area contributed by atoms with E-state index in [9.17, 15) is 9.59 Å². The lowest BCUT2D eigenvalue weighted by Gasteiger charge is -2.33. The van der Waals surface area contributed by atoms with Gasteiger partial charge in [0.1, 0.15) is 11.3 Å². The third kappa shape index (κ3) is 5.59. The fourth-order valence-electron chi connectivity index (χ4n) is 3.84. The Kier molecular flexibility index (Phi) is 6.03. The number of nitrogens with one attached hydrogen (secondary N) is 1. The van der Waals surface area contributed by atoms with E-state index in [1.54, 1.807) is 13.2 Å². The average molecular weight is 373 g/mol. The lowest BCUT2D eigenvalue weighted by molar-refractivity contribution is -0.122. The first-order valence-electron chi connectivity index (χ1n) is 9.33. The van der Waals surface area contributed by atoms with E-state index in [2.05, 4.69) is 26.1 Å². The molecular weight excluding hydrogens is 342 g/mol. The Morgan fingerprint density at radius 2 is 1.85 bits per heavy atom. The van der Waals surface area contributed by atoms with Crippen LogP contribution in [0, 0.1) is 12.3 Å². The van der Waals surface area contributed by atoms with Gasteiger partial charge in [-0.15, -0.1) is 0 Å². The van der Waals surface area contributed by atoms with Crippen molar-refractivity contribution in [3.05, 3.63) is 39.7 Å². The van der Waals surface area contributed by atoms with E-state index in [-0.39, 0.29) is 23.3 Å². The number of rotatable bonds is 6. The first kappa shape index (κ1) is 21.0. The van der Waals surface area contributed by atoms with Crippen molar-refractivity contribution in [2.45, 2.75) is 66.3 Å². The smallest absolute Gasteiger partial charge is 0.339 e. The number of methoxy groups -OCH3 is 1. The van der Waals surface area contributed by atoms with Gasteiger partial charge in [0, 0.05) is 29.0 Å². The van der Waals surface area contributed by atoms with Crippen LogP contribution in [0.5, 0.6) is 5.75 Å². The van der Waals surface area contributed by atoms with Crippen LogP contribution in [0.15, 0.2) is 27.4 Å². The Labute approximate surface area is 161 Å². The number of carbonyl (C=O) groups excluding carboxylic acids is 1. The molecule has 0 bridgehead atoms. The van der Waals surface area contributed by atoms with Gasteiger partial charge in [0.25, 0.3) is 0 Å². The van der Waals surface area contributed by atoms with Crippen molar-refractivity contribution >= 4 is 16.9 Å². The van der Waals surface area contributed by atoms with Gasteiger partial charge in [0.15, 0.2) is 0 Å². The molecule has 2 aromatic rings. The molecule has 5 nitrogen and oxygen atoms in total. The van der Waals surface area contributed by atoms with Crippen LogP contribution < -0.4 is 15.7 Å². The quantitative estimate of drug-likeness (QED) is 0.763. The minimum absolute atomic E-state index is 0.0575. The van der Waals surface area contributed by atoms with Crippen LogP contribution in [0.2, 0.25) is 0 Å². The zero-order chi connectivity index (χ0) is 20.4. The molecule has 2 rings (SSSR count). The molecular formula is C22H31NO4. The number of benzene rings is 1. The molecule has 148 valence electrons. The number of fused-ring (bicyclic) bond motifs is 1. The number of amides is 1. The van der Waals surface area contributed by atoms with Crippen LogP contribution in [-0.2, 0) is 11.2 Å². The number of hydrogen-bond acceptors (Lipinski definition) is 4. The van der Waals surface area contributed by atoms with Crippen LogP contribution in [0.1, 0.15) is 58.6 Å². The maximum Gasteiger partial charge on any atom is 0.339 e. The molecule has 0 atom stereocenters. The lowest BCUT2D eigenvalue weighted by atomic mass is 9.81. The van der Waals surface area contributed by atoms with Gasteiger partial charge in [0.2, 0.25) is 5.91 Å². The molecule has 1 aromatic carbocycles. The maximum absolute atomic E-state index is 12.4. The van der Waals surface area contributed by atoms with E-state index in [1.807, 2.05) is 32.9 Å². The summed E-state index contributed by atoms with van der Waals surface area (Å²) in [5.41, 5.74) is 1.33. The van der Waals surface area contributed by atoms with Crippen molar-refractivity contribution in [3.8, 4) is 5.75 Å². The molecule has 0 unspecified atom stereocenters. The van der Waals surface area contributed by atoms with E-state index < -0.39 is 5.63 Å². The van der Waals surface area contributed by atoms with Gasteiger partial charge in [0.05, 0.1) is 7.11 Å². The Hall–Kier alpha value is -2.30. The predicted molar refractivity (Wildman–Crippen MR) is 108 cm³/mol. The molecule has 0 aliphatic heterocycles. The summed E-state index contributed by atoms with van der Waals surface area (Å²) >= 11 is 0. The second-order valence-corrected chi connectivity index (χ2v) is 9.02. The second kappa shape index (κ2) is 7.75. The monoisotopic (exact) mass is 373 g/mol. The summed E-state index contributed by atoms with van der Waals surface area (Å²) in [5.74, 6) is 0.580. The van der Waals surface area contributed by atoms with Gasteiger partial charge in [-0.25, -0.2) is 4.79 Å². The number of aryl methyl sites for hydroxylation is 1. The Morgan fingerprint density at radius 1 is 1.19 bits per heavy atom. The Morgan fingerprint density at radius 3 is 2.44 bits per heavy atom. The fraction of sp³-hybridized carbons (Fsp3) is 0.545. The summed E-state index contributed by atoms with van der Waals surface area (Å²) in [4.78, 5) is 24.8. The summed E-state index contributed by atoms with van der Waals surface area (Å²) in [6, 6.07) is 5.42. The van der Waals surface area contributed by atoms with Crippen molar-refractivity contribution in [2.24, 2.45) is 5.41 Å². The number of carbonyl (C=O) groups is 1. The molecule has 1 aromatic heterocycles. The van der Waals surface area contributed by atoms with E-state index in [1.165, 1.54) is 0 Å². The molecule has 0 spiro atoms. The van der Waals surface area contributed by atoms with E-state index in [0.29, 0.717) is 23.3 Å². The molecule has 1 amide bonds. The summed E-state index contributed by atoms with van der Waals surface area (Å²) in [5, 5.41) is 3.95. The minimum atomic E-state index is -0.394. The number of hydrogen-bond donors (Lipinski definition) is 1. The Bertz CT molecular complexity index is 888. The van der Waals surface area contributed by atoms with Crippen molar-refractivity contribution < 1.29 is 13.9 Å². The zero-order valence-electron chi connectivity index (χ0n) is 17.5. The van der Waals surface area contributed by atoms with E-state index >= 15 is 0 Å². The zero-order valence-corrected chi connectivity index (χ0v) is 17.5. The van der Waals surface area contributed by atoms with Gasteiger partial charge < -0.3 is 14.5 Å². The van der Waals surface area contributed by atoms with Gasteiger partial charge in [-0.3, -0.25) is 4.79 Å². The third-order valence-corrected chi connectivity index (χ3v) is 4.55. The van der Waals surface area contributed by atoms with E-state index in [4.69, 9.17) is 9.15 Å². The first-order valence-corrected chi connectivity index (χ1v) is 9.33. The summed E-state index contributed by atoms with van der Waals surface area (Å²) in [6.45, 7) is 12.4. The highest BCUT2D eigenvalue weighted by atomic mass is 16.5.